The van der Waals surface area contributed by atoms with E-state index in [0.29, 0.717) is 24.3 Å². The molecule has 6 nitrogen and oxygen atoms in total. The molecule has 0 aromatic heterocycles. The van der Waals surface area contributed by atoms with Crippen LogP contribution in [0.1, 0.15) is 11.1 Å². The summed E-state index contributed by atoms with van der Waals surface area (Å²) in [6.07, 6.45) is 1.72. The van der Waals surface area contributed by atoms with Crippen LogP contribution in [-0.2, 0) is 26.5 Å². The van der Waals surface area contributed by atoms with Crippen LogP contribution in [0.4, 0.5) is 11.4 Å². The molecular weight excluding hydrogens is 348 g/mol. The highest BCUT2D eigenvalue weighted by Crippen LogP contribution is 2.32. The first kappa shape index (κ1) is 16.8. The topological polar surface area (TPSA) is 83.6 Å². The van der Waals surface area contributed by atoms with Crippen LogP contribution in [0.5, 0.6) is 0 Å². The van der Waals surface area contributed by atoms with E-state index in [1.54, 1.807) is 42.5 Å². The molecule has 0 spiro atoms. The number of fused-ring (bicyclic) bond motifs is 1. The molecule has 1 heterocycles. The Morgan fingerprint density at radius 3 is 2.29 bits per heavy atom. The van der Waals surface area contributed by atoms with Crippen molar-refractivity contribution in [3.05, 3.63) is 53.6 Å². The van der Waals surface area contributed by atoms with Crippen LogP contribution in [-0.4, -0.2) is 29.6 Å². The maximum absolute atomic E-state index is 12.4. The molecule has 0 amide bonds. The number of sulfonamides is 2. The zero-order valence-corrected chi connectivity index (χ0v) is 15.0. The summed E-state index contributed by atoms with van der Waals surface area (Å²) in [6, 6.07) is 11.5. The van der Waals surface area contributed by atoms with Gasteiger partial charge in [-0.2, -0.15) is 0 Å². The molecule has 3 rings (SSSR count). The molecule has 0 bridgehead atoms. The van der Waals surface area contributed by atoms with E-state index >= 15 is 0 Å². The molecule has 0 atom stereocenters. The van der Waals surface area contributed by atoms with Crippen LogP contribution in [0.25, 0.3) is 0 Å². The van der Waals surface area contributed by atoms with Gasteiger partial charge in [-0.1, -0.05) is 17.7 Å². The molecule has 2 aromatic carbocycles. The Balaban J connectivity index is 1.89. The van der Waals surface area contributed by atoms with Crippen molar-refractivity contribution in [1.29, 1.82) is 0 Å². The van der Waals surface area contributed by atoms with Crippen LogP contribution >= 0.6 is 0 Å². The van der Waals surface area contributed by atoms with Gasteiger partial charge in [0.1, 0.15) is 0 Å². The molecule has 1 aliphatic rings. The fraction of sp³-hybridized carbons (Fsp3) is 0.250. The maximum Gasteiger partial charge on any atom is 0.261 e. The van der Waals surface area contributed by atoms with Crippen molar-refractivity contribution in [2.24, 2.45) is 0 Å². The number of anilines is 2. The summed E-state index contributed by atoms with van der Waals surface area (Å²) in [5.74, 6) is 0. The first-order chi connectivity index (χ1) is 11.2. The molecular formula is C16H18N2O4S2. The van der Waals surface area contributed by atoms with E-state index in [4.69, 9.17) is 0 Å². The number of nitrogens with zero attached hydrogens (tertiary/aromatic N) is 1. The van der Waals surface area contributed by atoms with Crippen molar-refractivity contribution in [2.45, 2.75) is 18.2 Å². The number of nitrogens with one attached hydrogen (secondary N) is 1. The van der Waals surface area contributed by atoms with Crippen molar-refractivity contribution < 1.29 is 16.8 Å². The van der Waals surface area contributed by atoms with Gasteiger partial charge in [0.2, 0.25) is 10.0 Å². The monoisotopic (exact) mass is 366 g/mol. The smallest absolute Gasteiger partial charge is 0.261 e. The van der Waals surface area contributed by atoms with Gasteiger partial charge in [0.05, 0.1) is 16.8 Å². The van der Waals surface area contributed by atoms with Gasteiger partial charge in [-0.05, 0) is 49.2 Å². The van der Waals surface area contributed by atoms with E-state index in [0.717, 1.165) is 17.4 Å². The average Bonchev–Trinajstić information content (AvgIpc) is 2.90. The molecule has 24 heavy (non-hydrogen) atoms. The highest BCUT2D eigenvalue weighted by atomic mass is 32.2. The number of rotatable bonds is 4. The zero-order valence-electron chi connectivity index (χ0n) is 13.4. The van der Waals surface area contributed by atoms with Crippen molar-refractivity contribution in [1.82, 2.24) is 0 Å². The highest BCUT2D eigenvalue weighted by Gasteiger charge is 2.26. The lowest BCUT2D eigenvalue weighted by Gasteiger charge is -2.16. The average molecular weight is 366 g/mol. The molecule has 0 saturated carbocycles. The second-order valence-electron chi connectivity index (χ2n) is 5.85. The Hall–Kier alpha value is -2.06. The molecule has 2 aromatic rings. The molecule has 1 N–H and O–H groups in total. The summed E-state index contributed by atoms with van der Waals surface area (Å²) in [4.78, 5) is 0.186. The normalized spacial score (nSPS) is 14.5. The van der Waals surface area contributed by atoms with Gasteiger partial charge in [-0.25, -0.2) is 16.8 Å². The second-order valence-corrected chi connectivity index (χ2v) is 9.44. The second kappa shape index (κ2) is 5.78. The van der Waals surface area contributed by atoms with E-state index in [-0.39, 0.29) is 4.90 Å². The van der Waals surface area contributed by atoms with Gasteiger partial charge >= 0.3 is 0 Å². The Kier molecular flexibility index (Phi) is 4.05. The molecule has 8 heteroatoms. The quantitative estimate of drug-likeness (QED) is 0.898. The lowest BCUT2D eigenvalue weighted by atomic mass is 10.1. The summed E-state index contributed by atoms with van der Waals surface area (Å²) < 4.78 is 52.2. The van der Waals surface area contributed by atoms with Crippen LogP contribution < -0.4 is 9.03 Å². The minimum absolute atomic E-state index is 0.186. The van der Waals surface area contributed by atoms with Crippen molar-refractivity contribution in [3.8, 4) is 0 Å². The van der Waals surface area contributed by atoms with Crippen LogP contribution in [0.2, 0.25) is 0 Å². The van der Waals surface area contributed by atoms with Gasteiger partial charge in [0.25, 0.3) is 10.0 Å². The largest absolute Gasteiger partial charge is 0.280 e. The number of hydrogen-bond donors (Lipinski definition) is 1. The van der Waals surface area contributed by atoms with Crippen LogP contribution in [0.15, 0.2) is 47.4 Å². The molecule has 0 fully saturated rings. The molecule has 1 aliphatic heterocycles. The Morgan fingerprint density at radius 1 is 1.00 bits per heavy atom. The lowest BCUT2D eigenvalue weighted by Crippen LogP contribution is -2.27. The third-order valence-electron chi connectivity index (χ3n) is 3.92. The molecule has 0 aliphatic carbocycles. The third kappa shape index (κ3) is 3.25. The SMILES string of the molecule is Cc1ccc(S(=O)(=O)Nc2ccc3c(c2)CCN3S(C)(=O)=O)cc1. The summed E-state index contributed by atoms with van der Waals surface area (Å²) in [5.41, 5.74) is 2.82. The predicted molar refractivity (Wildman–Crippen MR) is 94.3 cm³/mol. The van der Waals surface area contributed by atoms with Crippen molar-refractivity contribution in [3.63, 3.8) is 0 Å². The predicted octanol–water partition coefficient (Wildman–Crippen LogP) is 2.12. The minimum Gasteiger partial charge on any atom is -0.280 e. The summed E-state index contributed by atoms with van der Waals surface area (Å²) in [5, 5.41) is 0. The maximum atomic E-state index is 12.4. The minimum atomic E-state index is -3.67. The lowest BCUT2D eigenvalue weighted by molar-refractivity contribution is 0.597. The standard InChI is InChI=1S/C16H18N2O4S2/c1-12-3-6-15(7-4-12)24(21,22)17-14-5-8-16-13(11-14)9-10-18(16)23(2,19)20/h3-8,11,17H,9-10H2,1-2H3. The van der Waals surface area contributed by atoms with E-state index < -0.39 is 20.0 Å². The van der Waals surface area contributed by atoms with E-state index in [2.05, 4.69) is 4.72 Å². The number of benzene rings is 2. The van der Waals surface area contributed by atoms with Gasteiger partial charge in [0.15, 0.2) is 0 Å². The van der Waals surface area contributed by atoms with Crippen LogP contribution in [0.3, 0.4) is 0 Å². The third-order valence-corrected chi connectivity index (χ3v) is 6.49. The highest BCUT2D eigenvalue weighted by molar-refractivity contribution is 7.92. The summed E-state index contributed by atoms with van der Waals surface area (Å²) in [6.45, 7) is 2.26. The fourth-order valence-electron chi connectivity index (χ4n) is 2.71. The molecule has 0 saturated heterocycles. The van der Waals surface area contributed by atoms with Crippen molar-refractivity contribution >= 4 is 31.4 Å². The van der Waals surface area contributed by atoms with Gasteiger partial charge in [-0.3, -0.25) is 9.03 Å². The molecule has 0 unspecified atom stereocenters. The van der Waals surface area contributed by atoms with Crippen molar-refractivity contribution in [2.75, 3.05) is 21.8 Å². The van der Waals surface area contributed by atoms with E-state index in [1.165, 1.54) is 4.31 Å². The fourth-order valence-corrected chi connectivity index (χ4v) is 4.72. The first-order valence-corrected chi connectivity index (χ1v) is 10.7. The Morgan fingerprint density at radius 2 is 1.67 bits per heavy atom. The van der Waals surface area contributed by atoms with E-state index in [1.807, 2.05) is 6.92 Å². The zero-order chi connectivity index (χ0) is 17.5. The summed E-state index contributed by atoms with van der Waals surface area (Å²) >= 11 is 0. The Labute approximate surface area is 142 Å². The summed E-state index contributed by atoms with van der Waals surface area (Å²) in [7, 11) is -6.99. The number of aryl methyl sites for hydroxylation is 1. The van der Waals surface area contributed by atoms with Gasteiger partial charge in [0, 0.05) is 12.2 Å². The van der Waals surface area contributed by atoms with Gasteiger partial charge < -0.3 is 0 Å². The first-order valence-electron chi connectivity index (χ1n) is 7.37. The number of hydrogen-bond acceptors (Lipinski definition) is 4. The Bertz CT molecular complexity index is 981. The van der Waals surface area contributed by atoms with Gasteiger partial charge in [-0.15, -0.1) is 0 Å². The molecule has 0 radical (unpaired) electrons. The van der Waals surface area contributed by atoms with Crippen LogP contribution in [0, 0.1) is 6.92 Å². The molecule has 128 valence electrons. The van der Waals surface area contributed by atoms with E-state index in [9.17, 15) is 16.8 Å².